The standard InChI is InChI=1S/C8H14N2OS/c1-5(2)7(9)3-6-4-12-8(11)10-6/h4-5,7H,3,9H2,1-2H3,(H,10,11). The van der Waals surface area contributed by atoms with E-state index in [9.17, 15) is 4.79 Å². The van der Waals surface area contributed by atoms with Crippen LogP contribution in [-0.4, -0.2) is 11.0 Å². The number of hydrogen-bond donors (Lipinski definition) is 2. The second-order valence-corrected chi connectivity index (χ2v) is 4.13. The lowest BCUT2D eigenvalue weighted by molar-refractivity contribution is 0.487. The summed E-state index contributed by atoms with van der Waals surface area (Å²) >= 11 is 1.19. The molecule has 1 unspecified atom stereocenters. The van der Waals surface area contributed by atoms with Crippen molar-refractivity contribution >= 4 is 11.3 Å². The molecule has 0 saturated heterocycles. The van der Waals surface area contributed by atoms with Gasteiger partial charge < -0.3 is 10.7 Å². The molecule has 12 heavy (non-hydrogen) atoms. The molecule has 68 valence electrons. The average molecular weight is 186 g/mol. The number of hydrogen-bond acceptors (Lipinski definition) is 3. The molecule has 4 heteroatoms. The lowest BCUT2D eigenvalue weighted by Gasteiger charge is -2.13. The van der Waals surface area contributed by atoms with Crippen molar-refractivity contribution in [1.82, 2.24) is 4.98 Å². The van der Waals surface area contributed by atoms with Gasteiger partial charge in [0.15, 0.2) is 0 Å². The number of aromatic nitrogens is 1. The zero-order valence-corrected chi connectivity index (χ0v) is 8.15. The summed E-state index contributed by atoms with van der Waals surface area (Å²) in [6, 6.07) is 0.134. The second-order valence-electron chi connectivity index (χ2n) is 3.29. The summed E-state index contributed by atoms with van der Waals surface area (Å²) in [5.74, 6) is 0.452. The monoisotopic (exact) mass is 186 g/mol. The maximum atomic E-state index is 10.8. The molecule has 0 fully saturated rings. The number of rotatable bonds is 3. The van der Waals surface area contributed by atoms with Gasteiger partial charge in [0.25, 0.3) is 0 Å². The molecule has 0 aliphatic rings. The van der Waals surface area contributed by atoms with Crippen LogP contribution in [0.3, 0.4) is 0 Å². The summed E-state index contributed by atoms with van der Waals surface area (Å²) in [7, 11) is 0. The van der Waals surface area contributed by atoms with Gasteiger partial charge in [0, 0.05) is 23.5 Å². The van der Waals surface area contributed by atoms with E-state index in [1.54, 1.807) is 0 Å². The van der Waals surface area contributed by atoms with Gasteiger partial charge in [-0.1, -0.05) is 25.2 Å². The predicted octanol–water partition coefficient (Wildman–Crippen LogP) is 0.962. The third kappa shape index (κ3) is 2.46. The van der Waals surface area contributed by atoms with Crippen LogP contribution in [0.1, 0.15) is 19.5 Å². The first-order chi connectivity index (χ1) is 5.59. The van der Waals surface area contributed by atoms with E-state index in [4.69, 9.17) is 5.73 Å². The largest absolute Gasteiger partial charge is 0.327 e. The van der Waals surface area contributed by atoms with E-state index >= 15 is 0 Å². The van der Waals surface area contributed by atoms with E-state index in [-0.39, 0.29) is 10.9 Å². The maximum Gasteiger partial charge on any atom is 0.304 e. The van der Waals surface area contributed by atoms with Crippen LogP contribution in [0.4, 0.5) is 0 Å². The molecule has 1 aromatic rings. The van der Waals surface area contributed by atoms with Crippen molar-refractivity contribution in [3.63, 3.8) is 0 Å². The molecule has 3 nitrogen and oxygen atoms in total. The highest BCUT2D eigenvalue weighted by atomic mass is 32.1. The van der Waals surface area contributed by atoms with E-state index in [1.807, 2.05) is 5.38 Å². The van der Waals surface area contributed by atoms with E-state index in [0.717, 1.165) is 12.1 Å². The first-order valence-electron chi connectivity index (χ1n) is 4.02. The van der Waals surface area contributed by atoms with Gasteiger partial charge in [-0.25, -0.2) is 0 Å². The number of H-pyrrole nitrogens is 1. The Labute approximate surface area is 75.6 Å². The van der Waals surface area contributed by atoms with Gasteiger partial charge >= 0.3 is 4.87 Å². The molecule has 0 amide bonds. The van der Waals surface area contributed by atoms with Crippen LogP contribution in [0.15, 0.2) is 10.2 Å². The number of nitrogens with two attached hydrogens (primary N) is 1. The molecule has 3 N–H and O–H groups in total. The van der Waals surface area contributed by atoms with Crippen molar-refractivity contribution in [2.75, 3.05) is 0 Å². The molecular formula is C8H14N2OS. The van der Waals surface area contributed by atoms with Gasteiger partial charge in [0.05, 0.1) is 0 Å². The Morgan fingerprint density at radius 2 is 2.33 bits per heavy atom. The van der Waals surface area contributed by atoms with E-state index in [0.29, 0.717) is 5.92 Å². The minimum absolute atomic E-state index is 0.000885. The van der Waals surface area contributed by atoms with E-state index < -0.39 is 0 Å². The van der Waals surface area contributed by atoms with Crippen LogP contribution in [-0.2, 0) is 6.42 Å². The minimum Gasteiger partial charge on any atom is -0.327 e. The maximum absolute atomic E-state index is 10.8. The quantitative estimate of drug-likeness (QED) is 0.738. The fourth-order valence-corrected chi connectivity index (χ4v) is 1.50. The summed E-state index contributed by atoms with van der Waals surface area (Å²) < 4.78 is 0. The summed E-state index contributed by atoms with van der Waals surface area (Å²) in [5, 5.41) is 1.84. The molecule has 1 aromatic heterocycles. The minimum atomic E-state index is 0.000885. The van der Waals surface area contributed by atoms with Gasteiger partial charge in [-0.3, -0.25) is 4.79 Å². The van der Waals surface area contributed by atoms with Gasteiger partial charge in [0.1, 0.15) is 0 Å². The summed E-state index contributed by atoms with van der Waals surface area (Å²) in [6.45, 7) is 4.16. The highest BCUT2D eigenvalue weighted by Gasteiger charge is 2.09. The molecule has 1 rings (SSSR count). The van der Waals surface area contributed by atoms with Crippen molar-refractivity contribution in [2.45, 2.75) is 26.3 Å². The Balaban J connectivity index is 2.58. The van der Waals surface area contributed by atoms with Crippen LogP contribution in [0.5, 0.6) is 0 Å². The third-order valence-electron chi connectivity index (χ3n) is 1.88. The first kappa shape index (κ1) is 9.48. The molecule has 0 spiro atoms. The average Bonchev–Trinajstić information content (AvgIpc) is 2.35. The predicted molar refractivity (Wildman–Crippen MR) is 51.5 cm³/mol. The Bertz CT molecular complexity index is 289. The fourth-order valence-electron chi connectivity index (χ4n) is 0.903. The summed E-state index contributed by atoms with van der Waals surface area (Å²) in [4.78, 5) is 13.5. The summed E-state index contributed by atoms with van der Waals surface area (Å²) in [6.07, 6.45) is 0.760. The van der Waals surface area contributed by atoms with E-state index in [2.05, 4.69) is 18.8 Å². The van der Waals surface area contributed by atoms with Crippen LogP contribution in [0.25, 0.3) is 0 Å². The molecule has 0 saturated carbocycles. The Hall–Kier alpha value is -0.610. The Morgan fingerprint density at radius 1 is 1.67 bits per heavy atom. The Morgan fingerprint density at radius 3 is 2.75 bits per heavy atom. The zero-order valence-electron chi connectivity index (χ0n) is 7.33. The molecular weight excluding hydrogens is 172 g/mol. The molecule has 0 aromatic carbocycles. The normalized spacial score (nSPS) is 13.7. The Kier molecular flexibility index (Phi) is 3.05. The molecule has 1 atom stereocenters. The van der Waals surface area contributed by atoms with Crippen molar-refractivity contribution in [3.8, 4) is 0 Å². The van der Waals surface area contributed by atoms with Crippen LogP contribution in [0, 0.1) is 5.92 Å². The second kappa shape index (κ2) is 3.87. The lowest BCUT2D eigenvalue weighted by Crippen LogP contribution is -2.29. The molecule has 1 heterocycles. The van der Waals surface area contributed by atoms with Gasteiger partial charge in [-0.15, -0.1) is 0 Å². The first-order valence-corrected chi connectivity index (χ1v) is 4.90. The number of nitrogens with one attached hydrogen (secondary N) is 1. The highest BCUT2D eigenvalue weighted by molar-refractivity contribution is 7.07. The van der Waals surface area contributed by atoms with Gasteiger partial charge in [-0.2, -0.15) is 0 Å². The van der Waals surface area contributed by atoms with Crippen molar-refractivity contribution in [2.24, 2.45) is 11.7 Å². The van der Waals surface area contributed by atoms with Gasteiger partial charge in [-0.05, 0) is 5.92 Å². The van der Waals surface area contributed by atoms with Crippen LogP contribution in [0.2, 0.25) is 0 Å². The van der Waals surface area contributed by atoms with Crippen molar-refractivity contribution in [1.29, 1.82) is 0 Å². The fraction of sp³-hybridized carbons (Fsp3) is 0.625. The highest BCUT2D eigenvalue weighted by Crippen LogP contribution is 2.05. The molecule has 0 radical (unpaired) electrons. The molecule has 0 aliphatic heterocycles. The molecule has 0 aliphatic carbocycles. The van der Waals surface area contributed by atoms with Crippen molar-refractivity contribution in [3.05, 3.63) is 20.7 Å². The lowest BCUT2D eigenvalue weighted by atomic mass is 10.0. The summed E-state index contributed by atoms with van der Waals surface area (Å²) in [5.41, 5.74) is 6.79. The van der Waals surface area contributed by atoms with Gasteiger partial charge in [0.2, 0.25) is 0 Å². The number of aromatic amines is 1. The molecule has 0 bridgehead atoms. The van der Waals surface area contributed by atoms with E-state index in [1.165, 1.54) is 11.3 Å². The zero-order chi connectivity index (χ0) is 9.14. The van der Waals surface area contributed by atoms with Crippen molar-refractivity contribution < 1.29 is 0 Å². The SMILES string of the molecule is CC(C)C(N)Cc1csc(=O)[nH]1. The van der Waals surface area contributed by atoms with Crippen LogP contribution >= 0.6 is 11.3 Å². The van der Waals surface area contributed by atoms with Crippen LogP contribution < -0.4 is 10.6 Å². The number of thiazole rings is 1. The topological polar surface area (TPSA) is 58.9 Å². The smallest absolute Gasteiger partial charge is 0.304 e. The third-order valence-corrected chi connectivity index (χ3v) is 2.60.